The first kappa shape index (κ1) is 22.2. The quantitative estimate of drug-likeness (QED) is 0.419. The number of hydrogen-bond donors (Lipinski definition) is 1. The van der Waals surface area contributed by atoms with Gasteiger partial charge in [-0.15, -0.1) is 11.3 Å². The molecule has 1 amide bonds. The number of nitrogens with zero attached hydrogens (tertiary/aromatic N) is 2. The monoisotopic (exact) mass is 463 g/mol. The molecule has 0 fully saturated rings. The number of benzene rings is 2. The van der Waals surface area contributed by atoms with Crippen LogP contribution in [0.3, 0.4) is 0 Å². The number of carbonyl (C=O) groups excluding carboxylic acids is 2. The zero-order chi connectivity index (χ0) is 23.4. The number of hydrogen-bond acceptors (Lipinski definition) is 7. The maximum absolute atomic E-state index is 13.3. The largest absolute Gasteiger partial charge is 0.497 e. The number of carbonyl (C=O) groups is 2. The van der Waals surface area contributed by atoms with Gasteiger partial charge in [0.25, 0.3) is 5.56 Å². The van der Waals surface area contributed by atoms with Crippen LogP contribution in [-0.4, -0.2) is 35.4 Å². The molecule has 0 saturated carbocycles. The molecule has 0 saturated heterocycles. The predicted molar refractivity (Wildman–Crippen MR) is 127 cm³/mol. The predicted octanol–water partition coefficient (Wildman–Crippen LogP) is 3.81. The van der Waals surface area contributed by atoms with E-state index < -0.39 is 11.5 Å². The fourth-order valence-corrected chi connectivity index (χ4v) is 4.29. The molecule has 4 rings (SSSR count). The molecule has 9 heteroatoms. The number of esters is 1. The van der Waals surface area contributed by atoms with Crippen LogP contribution in [0.15, 0.2) is 64.8 Å². The third kappa shape index (κ3) is 4.63. The van der Waals surface area contributed by atoms with Crippen LogP contribution in [0.5, 0.6) is 5.75 Å². The van der Waals surface area contributed by atoms with Gasteiger partial charge < -0.3 is 14.8 Å². The Morgan fingerprint density at radius 3 is 2.48 bits per heavy atom. The van der Waals surface area contributed by atoms with Gasteiger partial charge >= 0.3 is 5.97 Å². The molecule has 2 aromatic carbocycles. The van der Waals surface area contributed by atoms with Crippen molar-refractivity contribution in [2.45, 2.75) is 13.3 Å². The Hall–Kier alpha value is -3.98. The smallest absolute Gasteiger partial charge is 0.359 e. The average Bonchev–Trinajstić information content (AvgIpc) is 3.24. The summed E-state index contributed by atoms with van der Waals surface area (Å²) in [5.74, 6) is -0.228. The van der Waals surface area contributed by atoms with E-state index in [4.69, 9.17) is 9.47 Å². The van der Waals surface area contributed by atoms with Gasteiger partial charge in [0.2, 0.25) is 5.91 Å². The lowest BCUT2D eigenvalue weighted by Crippen LogP contribution is -2.25. The number of thiophene rings is 1. The Balaban J connectivity index is 1.74. The summed E-state index contributed by atoms with van der Waals surface area (Å²) in [6.45, 7) is 1.86. The summed E-state index contributed by atoms with van der Waals surface area (Å²) in [6.07, 6.45) is 0.117. The van der Waals surface area contributed by atoms with Crippen LogP contribution in [0.2, 0.25) is 0 Å². The lowest BCUT2D eigenvalue weighted by Gasteiger charge is -2.10. The number of fused-ring (bicyclic) bond motifs is 1. The van der Waals surface area contributed by atoms with Crippen LogP contribution in [0.4, 0.5) is 5.00 Å². The first-order valence-corrected chi connectivity index (χ1v) is 11.1. The van der Waals surface area contributed by atoms with Crippen molar-refractivity contribution in [3.05, 3.63) is 81.6 Å². The van der Waals surface area contributed by atoms with Gasteiger partial charge in [0.05, 0.1) is 31.2 Å². The van der Waals surface area contributed by atoms with E-state index in [9.17, 15) is 14.4 Å². The Morgan fingerprint density at radius 1 is 1.09 bits per heavy atom. The van der Waals surface area contributed by atoms with Gasteiger partial charge in [0.1, 0.15) is 10.8 Å². The number of rotatable bonds is 7. The summed E-state index contributed by atoms with van der Waals surface area (Å²) in [4.78, 5) is 38.6. The molecule has 0 bridgehead atoms. The third-order valence-electron chi connectivity index (χ3n) is 4.90. The molecule has 0 spiro atoms. The molecular weight excluding hydrogens is 442 g/mol. The van der Waals surface area contributed by atoms with Crippen LogP contribution in [0.1, 0.15) is 23.0 Å². The number of anilines is 1. The van der Waals surface area contributed by atoms with E-state index in [0.717, 1.165) is 21.6 Å². The fraction of sp³-hybridized carbons (Fsp3) is 0.167. The Bertz CT molecular complexity index is 1360. The second-order valence-corrected chi connectivity index (χ2v) is 7.93. The SMILES string of the molecule is CCOC(=O)c1nn(-c2ccccc2)c(=O)c2c(NC(=O)Cc3ccc(OC)cc3)scc12. The highest BCUT2D eigenvalue weighted by Gasteiger charge is 2.23. The molecule has 0 aliphatic carbocycles. The molecular formula is C24H21N3O5S. The van der Waals surface area contributed by atoms with E-state index in [0.29, 0.717) is 21.8 Å². The number of amides is 1. The molecule has 0 unspecified atom stereocenters. The Morgan fingerprint density at radius 2 is 1.82 bits per heavy atom. The van der Waals surface area contributed by atoms with Gasteiger partial charge in [0.15, 0.2) is 5.69 Å². The van der Waals surface area contributed by atoms with Crippen LogP contribution in [0.25, 0.3) is 16.5 Å². The summed E-state index contributed by atoms with van der Waals surface area (Å²) in [5, 5.41) is 9.63. The summed E-state index contributed by atoms with van der Waals surface area (Å²) in [6, 6.07) is 15.9. The third-order valence-corrected chi connectivity index (χ3v) is 5.79. The average molecular weight is 464 g/mol. The van der Waals surface area contributed by atoms with Crippen molar-refractivity contribution in [3.63, 3.8) is 0 Å². The normalized spacial score (nSPS) is 10.7. The number of para-hydroxylation sites is 1. The van der Waals surface area contributed by atoms with Crippen molar-refractivity contribution in [3.8, 4) is 11.4 Å². The Labute approximate surface area is 193 Å². The zero-order valence-corrected chi connectivity index (χ0v) is 18.8. The minimum atomic E-state index is -0.638. The second-order valence-electron chi connectivity index (χ2n) is 7.05. The molecule has 0 aliphatic rings. The van der Waals surface area contributed by atoms with E-state index in [1.165, 1.54) is 0 Å². The molecule has 2 heterocycles. The highest BCUT2D eigenvalue weighted by Crippen LogP contribution is 2.31. The summed E-state index contributed by atoms with van der Waals surface area (Å²) < 4.78 is 11.4. The van der Waals surface area contributed by atoms with E-state index in [1.54, 1.807) is 67.9 Å². The maximum atomic E-state index is 13.3. The van der Waals surface area contributed by atoms with Gasteiger partial charge in [-0.2, -0.15) is 9.78 Å². The van der Waals surface area contributed by atoms with Crippen LogP contribution in [-0.2, 0) is 16.0 Å². The number of ether oxygens (including phenoxy) is 2. The second kappa shape index (κ2) is 9.66. The van der Waals surface area contributed by atoms with Crippen LogP contribution >= 0.6 is 11.3 Å². The minimum absolute atomic E-state index is 0.0159. The van der Waals surface area contributed by atoms with E-state index in [1.807, 2.05) is 6.07 Å². The van der Waals surface area contributed by atoms with Gasteiger partial charge in [-0.05, 0) is 36.8 Å². The van der Waals surface area contributed by atoms with Crippen molar-refractivity contribution in [2.24, 2.45) is 0 Å². The topological polar surface area (TPSA) is 99.5 Å². The number of methoxy groups -OCH3 is 1. The van der Waals surface area contributed by atoms with Gasteiger partial charge in [-0.1, -0.05) is 30.3 Å². The highest BCUT2D eigenvalue weighted by molar-refractivity contribution is 7.16. The molecule has 4 aromatic rings. The molecule has 168 valence electrons. The summed E-state index contributed by atoms with van der Waals surface area (Å²) >= 11 is 1.16. The van der Waals surface area contributed by atoms with Crippen LogP contribution < -0.4 is 15.6 Å². The molecule has 0 radical (unpaired) electrons. The van der Waals surface area contributed by atoms with E-state index in [-0.39, 0.29) is 30.0 Å². The van der Waals surface area contributed by atoms with Crippen molar-refractivity contribution in [1.82, 2.24) is 9.78 Å². The number of aromatic nitrogens is 2. The zero-order valence-electron chi connectivity index (χ0n) is 18.0. The highest BCUT2D eigenvalue weighted by atomic mass is 32.1. The lowest BCUT2D eigenvalue weighted by atomic mass is 10.1. The molecule has 0 atom stereocenters. The van der Waals surface area contributed by atoms with Crippen molar-refractivity contribution in [2.75, 3.05) is 19.0 Å². The van der Waals surface area contributed by atoms with E-state index >= 15 is 0 Å². The van der Waals surface area contributed by atoms with Gasteiger partial charge in [0, 0.05) is 10.8 Å². The first-order valence-electron chi connectivity index (χ1n) is 10.2. The molecule has 1 N–H and O–H groups in total. The van der Waals surface area contributed by atoms with Crippen molar-refractivity contribution in [1.29, 1.82) is 0 Å². The van der Waals surface area contributed by atoms with E-state index in [2.05, 4.69) is 10.4 Å². The standard InChI is InChI=1S/C24H21N3O5S/c1-3-32-24(30)21-18-14-33-22(25-19(28)13-15-9-11-17(31-2)12-10-15)20(18)23(29)27(26-21)16-7-5-4-6-8-16/h4-12,14H,3,13H2,1-2H3,(H,25,28). The van der Waals surface area contributed by atoms with Crippen molar-refractivity contribution >= 4 is 39.0 Å². The number of nitrogens with one attached hydrogen (secondary N) is 1. The maximum Gasteiger partial charge on any atom is 0.359 e. The van der Waals surface area contributed by atoms with Crippen molar-refractivity contribution < 1.29 is 19.1 Å². The van der Waals surface area contributed by atoms with Crippen LogP contribution in [0, 0.1) is 0 Å². The first-order chi connectivity index (χ1) is 16.0. The van der Waals surface area contributed by atoms with Gasteiger partial charge in [-0.3, -0.25) is 9.59 Å². The molecule has 8 nitrogen and oxygen atoms in total. The summed E-state index contributed by atoms with van der Waals surface area (Å²) in [7, 11) is 1.57. The minimum Gasteiger partial charge on any atom is -0.497 e. The fourth-order valence-electron chi connectivity index (χ4n) is 3.34. The molecule has 2 aromatic heterocycles. The summed E-state index contributed by atoms with van der Waals surface area (Å²) in [5.41, 5.74) is 0.869. The molecule has 33 heavy (non-hydrogen) atoms. The lowest BCUT2D eigenvalue weighted by molar-refractivity contribution is -0.115. The van der Waals surface area contributed by atoms with Gasteiger partial charge in [-0.25, -0.2) is 4.79 Å². The Kier molecular flexibility index (Phi) is 6.50. The molecule has 0 aliphatic heterocycles.